The van der Waals surface area contributed by atoms with Gasteiger partial charge in [0.1, 0.15) is 11.6 Å². The van der Waals surface area contributed by atoms with Gasteiger partial charge in [-0.2, -0.15) is 13.2 Å². The van der Waals surface area contributed by atoms with Crippen LogP contribution in [0.5, 0.6) is 0 Å². The number of carbonyl (C=O) groups is 1. The molecule has 2 aromatic rings. The number of nitrogens with zero attached hydrogens (tertiary/aromatic N) is 3. The van der Waals surface area contributed by atoms with Crippen molar-refractivity contribution in [2.45, 2.75) is 12.6 Å². The molecule has 0 unspecified atom stereocenters. The predicted octanol–water partition coefficient (Wildman–Crippen LogP) is 3.29. The summed E-state index contributed by atoms with van der Waals surface area (Å²) in [5, 5.41) is 0.458. The SMILES string of the molecule is NC1=C(N(N)c2cc(F)ccn2)CCN(C(=O)c2cccc(C(F)(F)F)c2Cl)C1. The van der Waals surface area contributed by atoms with Crippen molar-refractivity contribution >= 4 is 23.3 Å². The highest BCUT2D eigenvalue weighted by Crippen LogP contribution is 2.36. The van der Waals surface area contributed by atoms with Gasteiger partial charge in [-0.25, -0.2) is 15.2 Å². The number of hydrazine groups is 1. The minimum absolute atomic E-state index is 0.0796. The van der Waals surface area contributed by atoms with E-state index < -0.39 is 28.5 Å². The van der Waals surface area contributed by atoms with Crippen LogP contribution in [0.3, 0.4) is 0 Å². The van der Waals surface area contributed by atoms with Crippen LogP contribution in [0.1, 0.15) is 22.3 Å². The third-order valence-corrected chi connectivity index (χ3v) is 4.82. The lowest BCUT2D eigenvalue weighted by atomic mass is 10.1. The van der Waals surface area contributed by atoms with Crippen LogP contribution in [0.2, 0.25) is 5.02 Å². The smallest absolute Gasteiger partial charge is 0.399 e. The van der Waals surface area contributed by atoms with Gasteiger partial charge in [0, 0.05) is 30.9 Å². The lowest BCUT2D eigenvalue weighted by Crippen LogP contribution is -2.44. The normalized spacial score (nSPS) is 14.9. The van der Waals surface area contributed by atoms with E-state index in [0.717, 1.165) is 29.3 Å². The van der Waals surface area contributed by atoms with Gasteiger partial charge < -0.3 is 10.6 Å². The van der Waals surface area contributed by atoms with Crippen molar-refractivity contribution in [3.8, 4) is 0 Å². The first-order chi connectivity index (χ1) is 13.6. The molecule has 3 rings (SSSR count). The van der Waals surface area contributed by atoms with Crippen LogP contribution in [0, 0.1) is 5.82 Å². The molecule has 1 aromatic carbocycles. The molecule has 2 heterocycles. The van der Waals surface area contributed by atoms with Gasteiger partial charge >= 0.3 is 6.18 Å². The average Bonchev–Trinajstić information content (AvgIpc) is 2.66. The number of hydrogen-bond donors (Lipinski definition) is 2. The maximum absolute atomic E-state index is 13.4. The quantitative estimate of drug-likeness (QED) is 0.444. The maximum atomic E-state index is 13.4. The molecule has 0 saturated heterocycles. The first-order valence-electron chi connectivity index (χ1n) is 8.38. The Balaban J connectivity index is 1.83. The Morgan fingerprint density at radius 3 is 2.62 bits per heavy atom. The van der Waals surface area contributed by atoms with Gasteiger partial charge in [-0.1, -0.05) is 17.7 Å². The van der Waals surface area contributed by atoms with Crippen molar-refractivity contribution in [3.05, 3.63) is 69.9 Å². The molecule has 11 heteroatoms. The molecular weight excluding hydrogens is 414 g/mol. The lowest BCUT2D eigenvalue weighted by Gasteiger charge is -2.33. The fourth-order valence-electron chi connectivity index (χ4n) is 2.98. The third kappa shape index (κ3) is 4.28. The summed E-state index contributed by atoms with van der Waals surface area (Å²) in [4.78, 5) is 18.0. The number of pyridine rings is 1. The molecule has 4 N–H and O–H groups in total. The number of halogens is 5. The molecule has 0 spiro atoms. The van der Waals surface area contributed by atoms with Gasteiger partial charge in [-0.15, -0.1) is 0 Å². The first kappa shape index (κ1) is 20.9. The van der Waals surface area contributed by atoms with E-state index in [-0.39, 0.29) is 36.6 Å². The van der Waals surface area contributed by atoms with Gasteiger partial charge in [0.05, 0.1) is 28.4 Å². The Bertz CT molecular complexity index is 979. The second-order valence-corrected chi connectivity index (χ2v) is 6.69. The molecule has 1 amide bonds. The maximum Gasteiger partial charge on any atom is 0.417 e. The number of nitrogens with two attached hydrogens (primary N) is 2. The molecule has 0 atom stereocenters. The van der Waals surface area contributed by atoms with Crippen LogP contribution in [0.4, 0.5) is 23.4 Å². The van der Waals surface area contributed by atoms with Crippen molar-refractivity contribution in [1.82, 2.24) is 9.88 Å². The summed E-state index contributed by atoms with van der Waals surface area (Å²) in [5.74, 6) is 4.88. The van der Waals surface area contributed by atoms with E-state index in [0.29, 0.717) is 5.70 Å². The minimum atomic E-state index is -4.68. The van der Waals surface area contributed by atoms with Gasteiger partial charge in [-0.05, 0) is 18.2 Å². The zero-order valence-electron chi connectivity index (χ0n) is 14.9. The fraction of sp³-hybridized carbons (Fsp3) is 0.222. The van der Waals surface area contributed by atoms with Crippen molar-refractivity contribution in [1.29, 1.82) is 0 Å². The first-order valence-corrected chi connectivity index (χ1v) is 8.76. The summed E-state index contributed by atoms with van der Waals surface area (Å²) in [5.41, 5.74) is 5.31. The molecule has 0 radical (unpaired) electrons. The Morgan fingerprint density at radius 2 is 2.00 bits per heavy atom. The van der Waals surface area contributed by atoms with Crippen LogP contribution in [0.25, 0.3) is 0 Å². The van der Waals surface area contributed by atoms with E-state index in [1.54, 1.807) is 0 Å². The highest BCUT2D eigenvalue weighted by molar-refractivity contribution is 6.34. The minimum Gasteiger partial charge on any atom is -0.399 e. The van der Waals surface area contributed by atoms with Crippen LogP contribution < -0.4 is 16.6 Å². The highest BCUT2D eigenvalue weighted by Gasteiger charge is 2.35. The Morgan fingerprint density at radius 1 is 1.28 bits per heavy atom. The number of alkyl halides is 3. The number of rotatable bonds is 3. The van der Waals surface area contributed by atoms with E-state index >= 15 is 0 Å². The molecule has 29 heavy (non-hydrogen) atoms. The summed E-state index contributed by atoms with van der Waals surface area (Å²) < 4.78 is 52.5. The molecule has 154 valence electrons. The Kier molecular flexibility index (Phi) is 5.67. The Labute approximate surface area is 168 Å². The standard InChI is InChI=1S/C18H16ClF4N5O/c19-16-11(2-1-3-12(16)18(21,22)23)17(29)27-7-5-14(13(24)9-27)28(25)15-8-10(20)4-6-26-15/h1-4,6,8H,5,7,9,24-25H2. The van der Waals surface area contributed by atoms with Gasteiger partial charge in [0.15, 0.2) is 0 Å². The summed E-state index contributed by atoms with van der Waals surface area (Å²) in [7, 11) is 0. The zero-order chi connectivity index (χ0) is 21.3. The molecule has 0 bridgehead atoms. The predicted molar refractivity (Wildman–Crippen MR) is 99.0 cm³/mol. The van der Waals surface area contributed by atoms with E-state index in [1.165, 1.54) is 17.2 Å². The number of aromatic nitrogens is 1. The van der Waals surface area contributed by atoms with Gasteiger partial charge in [-0.3, -0.25) is 9.80 Å². The van der Waals surface area contributed by atoms with Crippen molar-refractivity contribution < 1.29 is 22.4 Å². The topological polar surface area (TPSA) is 88.5 Å². The third-order valence-electron chi connectivity index (χ3n) is 4.42. The molecule has 0 aliphatic carbocycles. The van der Waals surface area contributed by atoms with Crippen molar-refractivity contribution in [3.63, 3.8) is 0 Å². The second kappa shape index (κ2) is 7.88. The number of anilines is 1. The fourth-order valence-corrected chi connectivity index (χ4v) is 3.29. The summed E-state index contributed by atoms with van der Waals surface area (Å²) in [6.07, 6.45) is -3.24. The van der Waals surface area contributed by atoms with Gasteiger partial charge in [0.2, 0.25) is 0 Å². The number of hydrogen-bond acceptors (Lipinski definition) is 5. The lowest BCUT2D eigenvalue weighted by molar-refractivity contribution is -0.137. The largest absolute Gasteiger partial charge is 0.417 e. The Hall–Kier alpha value is -2.85. The number of amides is 1. The molecule has 1 aromatic heterocycles. The number of benzene rings is 1. The molecule has 1 aliphatic heterocycles. The van der Waals surface area contributed by atoms with E-state index in [1.807, 2.05) is 0 Å². The monoisotopic (exact) mass is 429 g/mol. The molecule has 0 saturated carbocycles. The van der Waals surface area contributed by atoms with E-state index in [2.05, 4.69) is 4.98 Å². The van der Waals surface area contributed by atoms with E-state index in [4.69, 9.17) is 23.2 Å². The van der Waals surface area contributed by atoms with E-state index in [9.17, 15) is 22.4 Å². The average molecular weight is 430 g/mol. The van der Waals surface area contributed by atoms with Crippen LogP contribution in [0.15, 0.2) is 47.9 Å². The molecule has 6 nitrogen and oxygen atoms in total. The van der Waals surface area contributed by atoms with Gasteiger partial charge in [0.25, 0.3) is 5.91 Å². The molecule has 1 aliphatic rings. The second-order valence-electron chi connectivity index (χ2n) is 6.32. The van der Waals surface area contributed by atoms with Crippen LogP contribution in [-0.4, -0.2) is 28.9 Å². The summed E-state index contributed by atoms with van der Waals surface area (Å²) >= 11 is 5.84. The van der Waals surface area contributed by atoms with Crippen molar-refractivity contribution in [2.24, 2.45) is 11.6 Å². The van der Waals surface area contributed by atoms with Crippen LogP contribution >= 0.6 is 11.6 Å². The zero-order valence-corrected chi connectivity index (χ0v) is 15.6. The summed E-state index contributed by atoms with van der Waals surface area (Å²) in [6, 6.07) is 5.43. The summed E-state index contributed by atoms with van der Waals surface area (Å²) in [6.45, 7) is 0.0498. The van der Waals surface area contributed by atoms with Crippen LogP contribution in [-0.2, 0) is 6.18 Å². The van der Waals surface area contributed by atoms with Crippen molar-refractivity contribution in [2.75, 3.05) is 18.1 Å². The molecular formula is C18H16ClF4N5O. The number of carbonyl (C=O) groups excluding carboxylic acids is 1. The highest BCUT2D eigenvalue weighted by atomic mass is 35.5. The molecule has 0 fully saturated rings.